The number of ketones is 1. The zero-order valence-corrected chi connectivity index (χ0v) is 12.7. The second kappa shape index (κ2) is 6.57. The summed E-state index contributed by atoms with van der Waals surface area (Å²) >= 11 is 11.9. The van der Waals surface area contributed by atoms with Crippen molar-refractivity contribution in [2.45, 2.75) is 19.4 Å². The number of hydrogen-bond acceptors (Lipinski definition) is 3. The Labute approximate surface area is 128 Å². The molecule has 2 rings (SSSR count). The van der Waals surface area contributed by atoms with Crippen molar-refractivity contribution in [2.24, 2.45) is 0 Å². The highest BCUT2D eigenvalue weighted by Crippen LogP contribution is 2.23. The molecule has 0 aromatic heterocycles. The molecule has 1 atom stereocenters. The molecule has 0 saturated carbocycles. The van der Waals surface area contributed by atoms with Gasteiger partial charge in [0, 0.05) is 36.6 Å². The first kappa shape index (κ1) is 15.3. The zero-order valence-electron chi connectivity index (χ0n) is 11.2. The highest BCUT2D eigenvalue weighted by Gasteiger charge is 2.25. The molecule has 0 spiro atoms. The molecule has 1 heterocycles. The van der Waals surface area contributed by atoms with E-state index in [9.17, 15) is 9.59 Å². The largest absolute Gasteiger partial charge is 0.355 e. The number of rotatable bonds is 3. The van der Waals surface area contributed by atoms with Crippen LogP contribution in [0.25, 0.3) is 0 Å². The highest BCUT2D eigenvalue weighted by molar-refractivity contribution is 6.37. The summed E-state index contributed by atoms with van der Waals surface area (Å²) in [4.78, 5) is 25.8. The van der Waals surface area contributed by atoms with Gasteiger partial charge in [0.2, 0.25) is 5.91 Å². The molecule has 20 heavy (non-hydrogen) atoms. The number of carbonyl (C=O) groups excluding carboxylic acids is 2. The van der Waals surface area contributed by atoms with E-state index in [0.29, 0.717) is 41.7 Å². The molecular formula is C14H16Cl2N2O2. The number of nitrogens with zero attached hydrogens (tertiary/aromatic N) is 1. The summed E-state index contributed by atoms with van der Waals surface area (Å²) < 4.78 is 0. The Balaban J connectivity index is 2.13. The van der Waals surface area contributed by atoms with Crippen LogP contribution >= 0.6 is 23.2 Å². The Hall–Kier alpha value is -1.10. The van der Waals surface area contributed by atoms with Crippen molar-refractivity contribution in [2.75, 3.05) is 19.6 Å². The summed E-state index contributed by atoms with van der Waals surface area (Å²) in [5.41, 5.74) is 0.465. The normalized spacial score (nSPS) is 18.2. The van der Waals surface area contributed by atoms with E-state index in [-0.39, 0.29) is 17.7 Å². The smallest absolute Gasteiger partial charge is 0.221 e. The summed E-state index contributed by atoms with van der Waals surface area (Å²) in [5.74, 6) is -0.0299. The van der Waals surface area contributed by atoms with E-state index in [0.717, 1.165) is 0 Å². The predicted molar refractivity (Wildman–Crippen MR) is 79.5 cm³/mol. The van der Waals surface area contributed by atoms with Gasteiger partial charge >= 0.3 is 0 Å². The molecule has 1 fully saturated rings. The molecule has 6 heteroatoms. The SMILES string of the molecule is CC(C(=O)c1ccc(Cl)cc1Cl)N1CCNC(=O)CC1. The van der Waals surface area contributed by atoms with Crippen LogP contribution in [0.4, 0.5) is 0 Å². The predicted octanol–water partition coefficient (Wildman–Crippen LogP) is 2.39. The number of carbonyl (C=O) groups is 2. The summed E-state index contributed by atoms with van der Waals surface area (Å²) in [6.45, 7) is 3.63. The molecule has 1 amide bonds. The molecule has 0 aliphatic carbocycles. The van der Waals surface area contributed by atoms with Crippen molar-refractivity contribution in [1.29, 1.82) is 0 Å². The standard InChI is InChI=1S/C14H16Cl2N2O2/c1-9(18-6-4-13(19)17-5-7-18)14(20)11-3-2-10(15)8-12(11)16/h2-3,8-9H,4-7H2,1H3,(H,17,19). The number of Topliss-reactive ketones (excluding diaryl/α,β-unsaturated/α-hetero) is 1. The number of nitrogens with one attached hydrogen (secondary N) is 1. The maximum Gasteiger partial charge on any atom is 0.221 e. The van der Waals surface area contributed by atoms with Gasteiger partial charge in [-0.15, -0.1) is 0 Å². The maximum atomic E-state index is 12.5. The van der Waals surface area contributed by atoms with E-state index in [1.54, 1.807) is 18.2 Å². The average Bonchev–Trinajstić information content (AvgIpc) is 2.62. The number of halogens is 2. The van der Waals surface area contributed by atoms with Gasteiger partial charge in [0.05, 0.1) is 11.1 Å². The second-order valence-electron chi connectivity index (χ2n) is 4.80. The summed E-state index contributed by atoms with van der Waals surface area (Å²) in [6, 6.07) is 4.55. The van der Waals surface area contributed by atoms with Gasteiger partial charge in [0.1, 0.15) is 0 Å². The third-order valence-corrected chi connectivity index (χ3v) is 4.02. The van der Waals surface area contributed by atoms with Crippen molar-refractivity contribution in [3.63, 3.8) is 0 Å². The minimum Gasteiger partial charge on any atom is -0.355 e. The van der Waals surface area contributed by atoms with Crippen molar-refractivity contribution in [3.05, 3.63) is 33.8 Å². The van der Waals surface area contributed by atoms with Gasteiger partial charge in [-0.2, -0.15) is 0 Å². The van der Waals surface area contributed by atoms with E-state index in [4.69, 9.17) is 23.2 Å². The summed E-state index contributed by atoms with van der Waals surface area (Å²) in [6.07, 6.45) is 0.409. The summed E-state index contributed by atoms with van der Waals surface area (Å²) in [7, 11) is 0. The Morgan fingerprint density at radius 3 is 2.80 bits per heavy atom. The molecule has 1 N–H and O–H groups in total. The average molecular weight is 315 g/mol. The molecule has 0 bridgehead atoms. The van der Waals surface area contributed by atoms with Crippen molar-refractivity contribution in [3.8, 4) is 0 Å². The van der Waals surface area contributed by atoms with Gasteiger partial charge in [-0.25, -0.2) is 0 Å². The molecular weight excluding hydrogens is 299 g/mol. The first-order chi connectivity index (χ1) is 9.49. The monoisotopic (exact) mass is 314 g/mol. The third kappa shape index (κ3) is 3.51. The molecule has 108 valence electrons. The maximum absolute atomic E-state index is 12.5. The van der Waals surface area contributed by atoms with Crippen LogP contribution < -0.4 is 5.32 Å². The van der Waals surface area contributed by atoms with Crippen molar-refractivity contribution < 1.29 is 9.59 Å². The number of amides is 1. The minimum absolute atomic E-state index is 0.0247. The lowest BCUT2D eigenvalue weighted by atomic mass is 10.0. The lowest BCUT2D eigenvalue weighted by Gasteiger charge is -2.26. The molecule has 0 radical (unpaired) electrons. The molecule has 1 saturated heterocycles. The third-order valence-electron chi connectivity index (χ3n) is 3.47. The first-order valence-corrected chi connectivity index (χ1v) is 7.24. The van der Waals surface area contributed by atoms with Crippen LogP contribution in [0.2, 0.25) is 10.0 Å². The van der Waals surface area contributed by atoms with Gasteiger partial charge < -0.3 is 5.32 Å². The molecule has 1 aliphatic rings. The van der Waals surface area contributed by atoms with Gasteiger partial charge in [-0.1, -0.05) is 23.2 Å². The fraction of sp³-hybridized carbons (Fsp3) is 0.429. The highest BCUT2D eigenvalue weighted by atomic mass is 35.5. The number of benzene rings is 1. The lowest BCUT2D eigenvalue weighted by Crippen LogP contribution is -2.41. The van der Waals surface area contributed by atoms with Crippen molar-refractivity contribution >= 4 is 34.9 Å². The fourth-order valence-electron chi connectivity index (χ4n) is 2.25. The van der Waals surface area contributed by atoms with E-state index in [1.807, 2.05) is 11.8 Å². The van der Waals surface area contributed by atoms with Crippen LogP contribution in [0.15, 0.2) is 18.2 Å². The zero-order chi connectivity index (χ0) is 14.7. The van der Waals surface area contributed by atoms with E-state index >= 15 is 0 Å². The summed E-state index contributed by atoms with van der Waals surface area (Å²) in [5, 5.41) is 3.65. The quantitative estimate of drug-likeness (QED) is 0.871. The lowest BCUT2D eigenvalue weighted by molar-refractivity contribution is -0.120. The molecule has 1 aliphatic heterocycles. The minimum atomic E-state index is -0.318. The van der Waals surface area contributed by atoms with E-state index in [1.165, 1.54) is 0 Å². The molecule has 1 unspecified atom stereocenters. The van der Waals surface area contributed by atoms with Gasteiger partial charge in [0.15, 0.2) is 5.78 Å². The van der Waals surface area contributed by atoms with Crippen LogP contribution in [0.1, 0.15) is 23.7 Å². The van der Waals surface area contributed by atoms with Crippen LogP contribution in [-0.2, 0) is 4.79 Å². The van der Waals surface area contributed by atoms with E-state index in [2.05, 4.69) is 5.32 Å². The fourth-order valence-corrected chi connectivity index (χ4v) is 2.75. The van der Waals surface area contributed by atoms with Crippen LogP contribution in [0.3, 0.4) is 0 Å². The first-order valence-electron chi connectivity index (χ1n) is 6.49. The topological polar surface area (TPSA) is 49.4 Å². The molecule has 1 aromatic carbocycles. The Morgan fingerprint density at radius 1 is 1.35 bits per heavy atom. The number of hydrogen-bond donors (Lipinski definition) is 1. The van der Waals surface area contributed by atoms with Crippen LogP contribution in [0.5, 0.6) is 0 Å². The van der Waals surface area contributed by atoms with Crippen molar-refractivity contribution in [1.82, 2.24) is 10.2 Å². The second-order valence-corrected chi connectivity index (χ2v) is 5.64. The Morgan fingerprint density at radius 2 is 2.10 bits per heavy atom. The van der Waals surface area contributed by atoms with Gasteiger partial charge in [0.25, 0.3) is 0 Å². The Kier molecular flexibility index (Phi) is 5.02. The Bertz CT molecular complexity index is 534. The molecule has 4 nitrogen and oxygen atoms in total. The van der Waals surface area contributed by atoms with Crippen LogP contribution in [0, 0.1) is 0 Å². The van der Waals surface area contributed by atoms with E-state index < -0.39 is 0 Å². The van der Waals surface area contributed by atoms with Gasteiger partial charge in [-0.05, 0) is 25.1 Å². The molecule has 1 aromatic rings. The van der Waals surface area contributed by atoms with Gasteiger partial charge in [-0.3, -0.25) is 14.5 Å². The van der Waals surface area contributed by atoms with Crippen LogP contribution in [-0.4, -0.2) is 42.3 Å².